The molecule has 6 heteroatoms. The lowest BCUT2D eigenvalue weighted by Crippen LogP contribution is -2.47. The van der Waals surface area contributed by atoms with E-state index in [0.29, 0.717) is 24.5 Å². The molecular formula is C28H31N3O3. The van der Waals surface area contributed by atoms with E-state index in [1.54, 1.807) is 11.0 Å². The van der Waals surface area contributed by atoms with Crippen LogP contribution in [0.5, 0.6) is 5.75 Å². The zero-order valence-corrected chi connectivity index (χ0v) is 19.5. The number of nitrogens with zero attached hydrogens (tertiary/aromatic N) is 2. The van der Waals surface area contributed by atoms with E-state index in [2.05, 4.69) is 10.2 Å². The molecule has 1 aliphatic rings. The molecule has 0 atom stereocenters. The van der Waals surface area contributed by atoms with Gasteiger partial charge in [-0.3, -0.25) is 19.4 Å². The summed E-state index contributed by atoms with van der Waals surface area (Å²) in [6, 6.07) is 26.9. The van der Waals surface area contributed by atoms with Gasteiger partial charge in [0.25, 0.3) is 5.91 Å². The fourth-order valence-electron chi connectivity index (χ4n) is 4.29. The van der Waals surface area contributed by atoms with Crippen molar-refractivity contribution in [2.24, 2.45) is 0 Å². The molecule has 6 nitrogen and oxygen atoms in total. The highest BCUT2D eigenvalue weighted by molar-refractivity contribution is 6.01. The van der Waals surface area contributed by atoms with Gasteiger partial charge >= 0.3 is 0 Å². The Morgan fingerprint density at radius 3 is 2.03 bits per heavy atom. The largest absolute Gasteiger partial charge is 0.493 e. The summed E-state index contributed by atoms with van der Waals surface area (Å²) in [6.07, 6.45) is 1.60. The molecule has 1 fully saturated rings. The number of carbonyl (C=O) groups excluding carboxylic acids is 2. The fourth-order valence-corrected chi connectivity index (χ4v) is 4.29. The lowest BCUT2D eigenvalue weighted by molar-refractivity contribution is -0.119. The summed E-state index contributed by atoms with van der Waals surface area (Å²) in [5.74, 6) is 0.524. The van der Waals surface area contributed by atoms with Crippen LogP contribution in [0.2, 0.25) is 0 Å². The number of hydrogen-bond acceptors (Lipinski definition) is 4. The van der Waals surface area contributed by atoms with Gasteiger partial charge in [-0.15, -0.1) is 0 Å². The van der Waals surface area contributed by atoms with Crippen molar-refractivity contribution in [1.82, 2.24) is 10.2 Å². The van der Waals surface area contributed by atoms with Gasteiger partial charge in [0, 0.05) is 30.5 Å². The van der Waals surface area contributed by atoms with Crippen LogP contribution in [0, 0.1) is 0 Å². The van der Waals surface area contributed by atoms with Crippen LogP contribution in [0.4, 0.5) is 11.4 Å². The topological polar surface area (TPSA) is 61.9 Å². The Hall–Kier alpha value is -3.64. The van der Waals surface area contributed by atoms with Crippen molar-refractivity contribution in [2.75, 3.05) is 31.1 Å². The van der Waals surface area contributed by atoms with E-state index >= 15 is 0 Å². The van der Waals surface area contributed by atoms with E-state index < -0.39 is 0 Å². The predicted molar refractivity (Wildman–Crippen MR) is 135 cm³/mol. The van der Waals surface area contributed by atoms with Crippen LogP contribution < -0.4 is 15.0 Å². The van der Waals surface area contributed by atoms with E-state index in [9.17, 15) is 9.59 Å². The molecule has 0 radical (unpaired) electrons. The fraction of sp³-hybridized carbons (Fsp3) is 0.286. The number of amides is 2. The molecule has 0 aromatic heterocycles. The smallest absolute Gasteiger partial charge is 0.255 e. The number of nitrogens with one attached hydrogen (secondary N) is 1. The van der Waals surface area contributed by atoms with Gasteiger partial charge < -0.3 is 10.1 Å². The molecule has 176 valence electrons. The molecule has 0 bridgehead atoms. The number of rotatable bonds is 8. The van der Waals surface area contributed by atoms with Crippen molar-refractivity contribution in [3.05, 3.63) is 90.5 Å². The number of likely N-dealkylation sites (tertiary alicyclic amines) is 1. The van der Waals surface area contributed by atoms with E-state index in [1.807, 2.05) is 85.8 Å². The Bertz CT molecular complexity index is 1040. The number of hydrogen-bond donors (Lipinski definition) is 1. The molecule has 0 spiro atoms. The van der Waals surface area contributed by atoms with Crippen LogP contribution >= 0.6 is 0 Å². The summed E-state index contributed by atoms with van der Waals surface area (Å²) in [6.45, 7) is 4.25. The first-order chi connectivity index (χ1) is 16.7. The van der Waals surface area contributed by atoms with Gasteiger partial charge in [-0.25, -0.2) is 0 Å². The number of carbonyl (C=O) groups is 2. The molecule has 4 rings (SSSR count). The lowest BCUT2D eigenvalue weighted by atomic mass is 10.0. The van der Waals surface area contributed by atoms with Crippen LogP contribution in [0.3, 0.4) is 0 Å². The average Bonchev–Trinajstić information content (AvgIpc) is 2.87. The monoisotopic (exact) mass is 457 g/mol. The first-order valence-corrected chi connectivity index (χ1v) is 11.8. The zero-order valence-electron chi connectivity index (χ0n) is 19.5. The summed E-state index contributed by atoms with van der Waals surface area (Å²) in [5.41, 5.74) is 2.27. The second-order valence-corrected chi connectivity index (χ2v) is 8.35. The van der Waals surface area contributed by atoms with E-state index in [0.717, 1.165) is 37.3 Å². The highest BCUT2D eigenvalue weighted by Gasteiger charge is 2.26. The quantitative estimate of drug-likeness (QED) is 0.535. The van der Waals surface area contributed by atoms with Crippen molar-refractivity contribution in [2.45, 2.75) is 25.8 Å². The average molecular weight is 458 g/mol. The van der Waals surface area contributed by atoms with Gasteiger partial charge in [-0.1, -0.05) is 48.5 Å². The van der Waals surface area contributed by atoms with E-state index in [4.69, 9.17) is 4.74 Å². The van der Waals surface area contributed by atoms with Gasteiger partial charge in [0.2, 0.25) is 5.91 Å². The third-order valence-corrected chi connectivity index (χ3v) is 5.99. The standard InChI is InChI=1S/C28H31N3O3/c1-2-34-26-16-10-9-15-25(26)28(33)29-22-17-19-30(20-18-22)21-27(32)31(23-11-5-3-6-12-23)24-13-7-4-8-14-24/h3-16,22H,2,17-21H2,1H3,(H,29,33). The van der Waals surface area contributed by atoms with Gasteiger partial charge in [0.1, 0.15) is 5.75 Å². The van der Waals surface area contributed by atoms with Crippen LogP contribution in [-0.4, -0.2) is 49.0 Å². The summed E-state index contributed by atoms with van der Waals surface area (Å²) >= 11 is 0. The van der Waals surface area contributed by atoms with Crippen LogP contribution in [0.1, 0.15) is 30.1 Å². The minimum Gasteiger partial charge on any atom is -0.493 e. The molecule has 2 amide bonds. The van der Waals surface area contributed by atoms with Crippen molar-refractivity contribution >= 4 is 23.2 Å². The Morgan fingerprint density at radius 1 is 0.882 bits per heavy atom. The Balaban J connectivity index is 1.35. The molecule has 3 aromatic carbocycles. The van der Waals surface area contributed by atoms with Crippen molar-refractivity contribution < 1.29 is 14.3 Å². The lowest BCUT2D eigenvalue weighted by Gasteiger charge is -2.33. The zero-order chi connectivity index (χ0) is 23.8. The first kappa shape index (κ1) is 23.5. The molecule has 0 saturated carbocycles. The highest BCUT2D eigenvalue weighted by atomic mass is 16.5. The normalized spacial score (nSPS) is 14.4. The summed E-state index contributed by atoms with van der Waals surface area (Å²) in [4.78, 5) is 30.1. The number of anilines is 2. The molecular weight excluding hydrogens is 426 g/mol. The number of para-hydroxylation sites is 3. The third kappa shape index (κ3) is 5.83. The van der Waals surface area contributed by atoms with Crippen LogP contribution in [0.15, 0.2) is 84.9 Å². The molecule has 3 aromatic rings. The van der Waals surface area contributed by atoms with Gasteiger partial charge in [-0.05, 0) is 56.2 Å². The van der Waals surface area contributed by atoms with Crippen LogP contribution in [0.25, 0.3) is 0 Å². The molecule has 34 heavy (non-hydrogen) atoms. The van der Waals surface area contributed by atoms with Crippen molar-refractivity contribution in [1.29, 1.82) is 0 Å². The van der Waals surface area contributed by atoms with E-state index in [1.165, 1.54) is 0 Å². The second kappa shape index (κ2) is 11.5. The summed E-state index contributed by atoms with van der Waals surface area (Å²) in [7, 11) is 0. The molecule has 1 N–H and O–H groups in total. The maximum atomic E-state index is 13.4. The highest BCUT2D eigenvalue weighted by Crippen LogP contribution is 2.26. The number of piperidine rings is 1. The maximum Gasteiger partial charge on any atom is 0.255 e. The minimum atomic E-state index is -0.113. The van der Waals surface area contributed by atoms with Gasteiger partial charge in [0.05, 0.1) is 18.7 Å². The summed E-state index contributed by atoms with van der Waals surface area (Å²) < 4.78 is 5.59. The molecule has 1 aliphatic heterocycles. The van der Waals surface area contributed by atoms with Gasteiger partial charge in [-0.2, -0.15) is 0 Å². The second-order valence-electron chi connectivity index (χ2n) is 8.35. The van der Waals surface area contributed by atoms with Gasteiger partial charge in [0.15, 0.2) is 0 Å². The maximum absolute atomic E-state index is 13.4. The van der Waals surface area contributed by atoms with Crippen LogP contribution in [-0.2, 0) is 4.79 Å². The SMILES string of the molecule is CCOc1ccccc1C(=O)NC1CCN(CC(=O)N(c2ccccc2)c2ccccc2)CC1. The number of benzene rings is 3. The first-order valence-electron chi connectivity index (χ1n) is 11.8. The van der Waals surface area contributed by atoms with E-state index in [-0.39, 0.29) is 17.9 Å². The molecule has 1 saturated heterocycles. The molecule has 0 aliphatic carbocycles. The Labute approximate surface area is 201 Å². The molecule has 1 heterocycles. The number of ether oxygens (including phenoxy) is 1. The third-order valence-electron chi connectivity index (χ3n) is 5.99. The minimum absolute atomic E-state index is 0.0329. The molecule has 0 unspecified atom stereocenters. The Kier molecular flexibility index (Phi) is 7.94. The van der Waals surface area contributed by atoms with Crippen molar-refractivity contribution in [3.63, 3.8) is 0 Å². The summed E-state index contributed by atoms with van der Waals surface area (Å²) in [5, 5.41) is 3.14. The predicted octanol–water partition coefficient (Wildman–Crippen LogP) is 4.64. The Morgan fingerprint density at radius 2 is 1.44 bits per heavy atom. The van der Waals surface area contributed by atoms with Crippen molar-refractivity contribution in [3.8, 4) is 5.75 Å².